The van der Waals surface area contributed by atoms with E-state index in [2.05, 4.69) is 4.74 Å². The van der Waals surface area contributed by atoms with Gasteiger partial charge < -0.3 is 13.6 Å². The molecule has 0 N–H and O–H groups in total. The minimum Gasteiger partial charge on any atom is -0.469 e. The Balaban J connectivity index is 1.77. The number of methoxy groups -OCH3 is 1. The normalized spacial score (nSPS) is 10.8. The fraction of sp³-hybridized carbons (Fsp3) is 0.176. The van der Waals surface area contributed by atoms with Crippen molar-refractivity contribution in [3.8, 4) is 11.1 Å². The molecule has 22 heavy (non-hydrogen) atoms. The van der Waals surface area contributed by atoms with E-state index >= 15 is 0 Å². The third kappa shape index (κ3) is 2.79. The van der Waals surface area contributed by atoms with Gasteiger partial charge >= 0.3 is 5.97 Å². The van der Waals surface area contributed by atoms with Gasteiger partial charge in [-0.1, -0.05) is 6.07 Å². The van der Waals surface area contributed by atoms with Crippen LogP contribution >= 0.6 is 0 Å². The van der Waals surface area contributed by atoms with E-state index < -0.39 is 5.97 Å². The number of carbonyl (C=O) groups excluding carboxylic acids is 2. The SMILES string of the molecule is COC(=O)CCC(=O)c1cc(-c2ccc3occc3c2)co1. The molecule has 3 aromatic rings. The summed E-state index contributed by atoms with van der Waals surface area (Å²) in [5.74, 6) is -0.391. The first-order valence-corrected chi connectivity index (χ1v) is 6.83. The molecule has 1 aromatic carbocycles. The molecule has 0 atom stereocenters. The zero-order valence-corrected chi connectivity index (χ0v) is 12.0. The van der Waals surface area contributed by atoms with Gasteiger partial charge in [0, 0.05) is 17.4 Å². The number of hydrogen-bond acceptors (Lipinski definition) is 5. The van der Waals surface area contributed by atoms with Crippen molar-refractivity contribution in [2.45, 2.75) is 12.8 Å². The summed E-state index contributed by atoms with van der Waals surface area (Å²) in [6.07, 6.45) is 3.28. The van der Waals surface area contributed by atoms with Crippen LogP contribution in [0.5, 0.6) is 0 Å². The minimum absolute atomic E-state index is 0.0480. The monoisotopic (exact) mass is 298 g/mol. The number of furan rings is 2. The molecule has 0 saturated heterocycles. The molecule has 0 radical (unpaired) electrons. The van der Waals surface area contributed by atoms with Crippen LogP contribution in [0.1, 0.15) is 23.4 Å². The Hall–Kier alpha value is -2.82. The van der Waals surface area contributed by atoms with Crippen molar-refractivity contribution in [3.05, 3.63) is 48.6 Å². The topological polar surface area (TPSA) is 69.7 Å². The average molecular weight is 298 g/mol. The van der Waals surface area contributed by atoms with Gasteiger partial charge in [0.05, 0.1) is 26.1 Å². The summed E-state index contributed by atoms with van der Waals surface area (Å²) < 4.78 is 15.1. The second-order valence-electron chi connectivity index (χ2n) is 4.87. The number of rotatable bonds is 5. The molecule has 0 aliphatic heterocycles. The van der Waals surface area contributed by atoms with E-state index in [1.165, 1.54) is 13.4 Å². The van der Waals surface area contributed by atoms with Crippen LogP contribution in [0, 0.1) is 0 Å². The van der Waals surface area contributed by atoms with Gasteiger partial charge in [-0.25, -0.2) is 0 Å². The van der Waals surface area contributed by atoms with Crippen LogP contribution in [0.15, 0.2) is 51.7 Å². The second-order valence-corrected chi connectivity index (χ2v) is 4.87. The van der Waals surface area contributed by atoms with E-state index in [1.807, 2.05) is 24.3 Å². The van der Waals surface area contributed by atoms with Gasteiger partial charge in [0.15, 0.2) is 11.5 Å². The van der Waals surface area contributed by atoms with Gasteiger partial charge in [-0.3, -0.25) is 9.59 Å². The molecule has 5 heteroatoms. The molecule has 112 valence electrons. The fourth-order valence-electron chi connectivity index (χ4n) is 2.22. The molecular weight excluding hydrogens is 284 g/mol. The number of benzene rings is 1. The van der Waals surface area contributed by atoms with E-state index in [0.717, 1.165) is 22.1 Å². The molecule has 2 aromatic heterocycles. The number of ketones is 1. The molecule has 0 spiro atoms. The van der Waals surface area contributed by atoms with Crippen molar-refractivity contribution in [2.24, 2.45) is 0 Å². The molecule has 2 heterocycles. The summed E-state index contributed by atoms with van der Waals surface area (Å²) in [7, 11) is 1.30. The molecule has 0 fully saturated rings. The average Bonchev–Trinajstić information content (AvgIpc) is 3.20. The van der Waals surface area contributed by atoms with Gasteiger partial charge in [0.25, 0.3) is 0 Å². The molecule has 0 aliphatic carbocycles. The highest BCUT2D eigenvalue weighted by molar-refractivity contribution is 5.96. The van der Waals surface area contributed by atoms with Gasteiger partial charge in [0.2, 0.25) is 0 Å². The Bertz CT molecular complexity index is 824. The Morgan fingerprint density at radius 1 is 1.05 bits per heavy atom. The minimum atomic E-state index is -0.412. The first kappa shape index (κ1) is 14.1. The first-order valence-electron chi connectivity index (χ1n) is 6.83. The zero-order valence-electron chi connectivity index (χ0n) is 12.0. The number of hydrogen-bond donors (Lipinski definition) is 0. The Kier molecular flexibility index (Phi) is 3.78. The summed E-state index contributed by atoms with van der Waals surface area (Å²) >= 11 is 0. The highest BCUT2D eigenvalue weighted by Gasteiger charge is 2.14. The lowest BCUT2D eigenvalue weighted by Gasteiger charge is -1.97. The maximum absolute atomic E-state index is 12.0. The van der Waals surface area contributed by atoms with Gasteiger partial charge in [-0.05, 0) is 29.8 Å². The summed E-state index contributed by atoms with van der Waals surface area (Å²) in [6.45, 7) is 0. The number of esters is 1. The van der Waals surface area contributed by atoms with Crippen LogP contribution in [-0.4, -0.2) is 18.9 Å². The summed E-state index contributed by atoms with van der Waals surface area (Å²) in [4.78, 5) is 23.0. The molecular formula is C17H14O5. The molecule has 0 amide bonds. The van der Waals surface area contributed by atoms with Gasteiger partial charge in [-0.2, -0.15) is 0 Å². The molecule has 0 bridgehead atoms. The maximum atomic E-state index is 12.0. The predicted molar refractivity (Wildman–Crippen MR) is 79.5 cm³/mol. The third-order valence-electron chi connectivity index (χ3n) is 3.44. The Morgan fingerprint density at radius 2 is 1.91 bits per heavy atom. The fourth-order valence-corrected chi connectivity index (χ4v) is 2.22. The number of fused-ring (bicyclic) bond motifs is 1. The highest BCUT2D eigenvalue weighted by atomic mass is 16.5. The predicted octanol–water partition coefficient (Wildman–Crippen LogP) is 3.83. The van der Waals surface area contributed by atoms with Crippen molar-refractivity contribution in [1.29, 1.82) is 0 Å². The smallest absolute Gasteiger partial charge is 0.305 e. The molecule has 0 aliphatic rings. The van der Waals surface area contributed by atoms with E-state index in [4.69, 9.17) is 8.83 Å². The number of Topliss-reactive ketones (excluding diaryl/α,β-unsaturated/α-hetero) is 1. The van der Waals surface area contributed by atoms with E-state index in [1.54, 1.807) is 12.3 Å². The maximum Gasteiger partial charge on any atom is 0.305 e. The largest absolute Gasteiger partial charge is 0.469 e. The van der Waals surface area contributed by atoms with Crippen LogP contribution in [0.3, 0.4) is 0 Å². The van der Waals surface area contributed by atoms with Crippen molar-refractivity contribution in [2.75, 3.05) is 7.11 Å². The highest BCUT2D eigenvalue weighted by Crippen LogP contribution is 2.27. The van der Waals surface area contributed by atoms with Crippen LogP contribution in [0.4, 0.5) is 0 Å². The van der Waals surface area contributed by atoms with Crippen LogP contribution in [0.25, 0.3) is 22.1 Å². The molecule has 3 rings (SSSR count). The van der Waals surface area contributed by atoms with Crippen molar-refractivity contribution < 1.29 is 23.2 Å². The molecule has 5 nitrogen and oxygen atoms in total. The summed E-state index contributed by atoms with van der Waals surface area (Å²) in [5, 5.41) is 0.984. The van der Waals surface area contributed by atoms with Crippen LogP contribution < -0.4 is 0 Å². The van der Waals surface area contributed by atoms with E-state index in [0.29, 0.717) is 0 Å². The lowest BCUT2D eigenvalue weighted by molar-refractivity contribution is -0.140. The van der Waals surface area contributed by atoms with Crippen molar-refractivity contribution in [1.82, 2.24) is 0 Å². The van der Waals surface area contributed by atoms with Crippen LogP contribution in [0.2, 0.25) is 0 Å². The standard InChI is InChI=1S/C17H14O5/c1-20-17(19)5-3-14(18)16-9-13(10-22-16)11-2-4-15-12(8-11)6-7-21-15/h2,4,6-10H,3,5H2,1H3. The Morgan fingerprint density at radius 3 is 2.73 bits per heavy atom. The third-order valence-corrected chi connectivity index (χ3v) is 3.44. The second kappa shape index (κ2) is 5.89. The lowest BCUT2D eigenvalue weighted by Crippen LogP contribution is -2.05. The summed E-state index contributed by atoms with van der Waals surface area (Å²) in [6, 6.07) is 9.30. The van der Waals surface area contributed by atoms with Crippen molar-refractivity contribution >= 4 is 22.7 Å². The zero-order chi connectivity index (χ0) is 15.5. The quantitative estimate of drug-likeness (QED) is 0.529. The van der Waals surface area contributed by atoms with E-state index in [9.17, 15) is 9.59 Å². The molecule has 0 saturated carbocycles. The molecule has 0 unspecified atom stereocenters. The lowest BCUT2D eigenvalue weighted by atomic mass is 10.1. The van der Waals surface area contributed by atoms with Crippen LogP contribution in [-0.2, 0) is 9.53 Å². The number of carbonyl (C=O) groups is 2. The summed E-state index contributed by atoms with van der Waals surface area (Å²) in [5.41, 5.74) is 2.55. The van der Waals surface area contributed by atoms with Crippen molar-refractivity contribution in [3.63, 3.8) is 0 Å². The van der Waals surface area contributed by atoms with E-state index in [-0.39, 0.29) is 24.4 Å². The first-order chi connectivity index (χ1) is 10.7. The Labute approximate surface area is 126 Å². The van der Waals surface area contributed by atoms with Gasteiger partial charge in [-0.15, -0.1) is 0 Å². The van der Waals surface area contributed by atoms with Gasteiger partial charge in [0.1, 0.15) is 5.58 Å². The number of ether oxygens (including phenoxy) is 1.